The number of aromatic nitrogens is 2. The first-order valence-corrected chi connectivity index (χ1v) is 8.78. The molecule has 1 heterocycles. The summed E-state index contributed by atoms with van der Waals surface area (Å²) < 4.78 is 0. The number of rotatable bonds is 5. The minimum Gasteiger partial charge on any atom is -0.339 e. The number of amides is 2. The van der Waals surface area contributed by atoms with Crippen LogP contribution in [-0.2, 0) is 4.79 Å². The smallest absolute Gasteiger partial charge is 0.276 e. The van der Waals surface area contributed by atoms with E-state index in [1.165, 1.54) is 18.1 Å². The van der Waals surface area contributed by atoms with E-state index in [1.807, 2.05) is 25.1 Å². The number of carbonyl (C=O) groups is 2. The Morgan fingerprint density at radius 2 is 1.54 bits per heavy atom. The van der Waals surface area contributed by atoms with Crippen LogP contribution in [-0.4, -0.2) is 22.0 Å². The number of nitrogens with one attached hydrogen (secondary N) is 3. The van der Waals surface area contributed by atoms with Crippen LogP contribution in [0.3, 0.4) is 0 Å². The fourth-order valence-electron chi connectivity index (χ4n) is 2.56. The summed E-state index contributed by atoms with van der Waals surface area (Å²) in [4.78, 5) is 23.5. The van der Waals surface area contributed by atoms with Gasteiger partial charge in [-0.05, 0) is 67.4 Å². The first kappa shape index (κ1) is 19.0. The second-order valence-electron chi connectivity index (χ2n) is 6.44. The minimum atomic E-state index is -0.384. The van der Waals surface area contributed by atoms with Gasteiger partial charge in [0.25, 0.3) is 5.91 Å². The van der Waals surface area contributed by atoms with Gasteiger partial charge in [0.2, 0.25) is 5.91 Å². The van der Waals surface area contributed by atoms with Crippen LogP contribution in [0.4, 0.5) is 22.9 Å². The van der Waals surface area contributed by atoms with Crippen LogP contribution in [0.15, 0.2) is 54.6 Å². The first-order valence-electron chi connectivity index (χ1n) is 8.78. The minimum absolute atomic E-state index is 0.179. The van der Waals surface area contributed by atoms with Gasteiger partial charge >= 0.3 is 0 Å². The lowest BCUT2D eigenvalue weighted by molar-refractivity contribution is -0.114. The van der Waals surface area contributed by atoms with E-state index in [1.54, 1.807) is 36.4 Å². The van der Waals surface area contributed by atoms with Crippen molar-refractivity contribution in [2.45, 2.75) is 20.8 Å². The number of carbonyl (C=O) groups excluding carboxylic acids is 2. The molecule has 0 saturated carbocycles. The largest absolute Gasteiger partial charge is 0.339 e. The van der Waals surface area contributed by atoms with Crippen molar-refractivity contribution < 1.29 is 9.59 Å². The third kappa shape index (κ3) is 4.91. The Balaban J connectivity index is 1.66. The van der Waals surface area contributed by atoms with Crippen molar-refractivity contribution in [1.29, 1.82) is 0 Å². The highest BCUT2D eigenvalue weighted by Crippen LogP contribution is 2.19. The molecule has 7 heteroatoms. The summed E-state index contributed by atoms with van der Waals surface area (Å²) in [6, 6.07) is 16.2. The maximum atomic E-state index is 12.4. The first-order chi connectivity index (χ1) is 13.4. The van der Waals surface area contributed by atoms with Gasteiger partial charge in [0.15, 0.2) is 11.5 Å². The van der Waals surface area contributed by atoms with Crippen molar-refractivity contribution in [1.82, 2.24) is 10.2 Å². The van der Waals surface area contributed by atoms with Gasteiger partial charge in [-0.1, -0.05) is 12.1 Å². The van der Waals surface area contributed by atoms with Crippen LogP contribution in [0, 0.1) is 13.8 Å². The van der Waals surface area contributed by atoms with E-state index < -0.39 is 0 Å². The van der Waals surface area contributed by atoms with Crippen LogP contribution in [0.5, 0.6) is 0 Å². The topological polar surface area (TPSA) is 96.0 Å². The van der Waals surface area contributed by atoms with Crippen molar-refractivity contribution >= 4 is 34.7 Å². The lowest BCUT2D eigenvalue weighted by atomic mass is 10.1. The normalized spacial score (nSPS) is 10.2. The molecule has 142 valence electrons. The summed E-state index contributed by atoms with van der Waals surface area (Å²) in [7, 11) is 0. The van der Waals surface area contributed by atoms with Gasteiger partial charge in [-0.2, -0.15) is 0 Å². The lowest BCUT2D eigenvalue weighted by Crippen LogP contribution is -2.15. The Kier molecular flexibility index (Phi) is 5.64. The Labute approximate surface area is 163 Å². The molecule has 0 bridgehead atoms. The molecule has 0 spiro atoms. The standard InChI is InChI=1S/C21H21N5O2/c1-13-7-8-18(11-14(13)2)23-20-10-9-19(25-26-20)21(28)24-17-6-4-5-16(12-17)22-15(3)27/h4-12H,1-3H3,(H,22,27)(H,23,26)(H,24,28). The number of benzene rings is 2. The molecule has 3 aromatic rings. The Morgan fingerprint density at radius 1 is 0.786 bits per heavy atom. The predicted molar refractivity (Wildman–Crippen MR) is 110 cm³/mol. The van der Waals surface area contributed by atoms with Crippen LogP contribution >= 0.6 is 0 Å². The molecule has 0 unspecified atom stereocenters. The van der Waals surface area contributed by atoms with Gasteiger partial charge in [-0.15, -0.1) is 10.2 Å². The van der Waals surface area contributed by atoms with E-state index >= 15 is 0 Å². The molecular formula is C21H21N5O2. The lowest BCUT2D eigenvalue weighted by Gasteiger charge is -2.09. The highest BCUT2D eigenvalue weighted by molar-refractivity contribution is 6.03. The molecule has 3 rings (SSSR count). The fourth-order valence-corrected chi connectivity index (χ4v) is 2.56. The summed E-state index contributed by atoms with van der Waals surface area (Å²) in [5, 5.41) is 16.6. The average molecular weight is 375 g/mol. The summed E-state index contributed by atoms with van der Waals surface area (Å²) in [6.45, 7) is 5.52. The molecular weight excluding hydrogens is 354 g/mol. The van der Waals surface area contributed by atoms with Gasteiger partial charge in [0, 0.05) is 24.0 Å². The third-order valence-corrected chi connectivity index (χ3v) is 4.12. The molecule has 28 heavy (non-hydrogen) atoms. The number of nitrogens with zero attached hydrogens (tertiary/aromatic N) is 2. The predicted octanol–water partition coefficient (Wildman–Crippen LogP) is 4.05. The Hall–Kier alpha value is -3.74. The molecule has 1 aromatic heterocycles. The van der Waals surface area contributed by atoms with E-state index in [0.29, 0.717) is 17.2 Å². The highest BCUT2D eigenvalue weighted by atomic mass is 16.2. The zero-order valence-electron chi connectivity index (χ0n) is 15.9. The molecule has 0 radical (unpaired) electrons. The molecule has 0 atom stereocenters. The number of anilines is 4. The summed E-state index contributed by atoms with van der Waals surface area (Å²) in [6.07, 6.45) is 0. The average Bonchev–Trinajstić information content (AvgIpc) is 2.65. The quantitative estimate of drug-likeness (QED) is 0.625. The molecule has 0 aliphatic heterocycles. The summed E-state index contributed by atoms with van der Waals surface area (Å²) in [5.41, 5.74) is 4.64. The van der Waals surface area contributed by atoms with Crippen molar-refractivity contribution in [3.63, 3.8) is 0 Å². The Morgan fingerprint density at radius 3 is 2.18 bits per heavy atom. The molecule has 0 aliphatic carbocycles. The molecule has 2 amide bonds. The zero-order valence-corrected chi connectivity index (χ0v) is 15.9. The number of aryl methyl sites for hydroxylation is 2. The summed E-state index contributed by atoms with van der Waals surface area (Å²) in [5.74, 6) is -0.0149. The molecule has 7 nitrogen and oxygen atoms in total. The van der Waals surface area contributed by atoms with Gasteiger partial charge < -0.3 is 16.0 Å². The number of hydrogen-bond donors (Lipinski definition) is 3. The van der Waals surface area contributed by atoms with Gasteiger partial charge in [-0.25, -0.2) is 0 Å². The van der Waals surface area contributed by atoms with Crippen molar-refractivity contribution in [3.8, 4) is 0 Å². The third-order valence-electron chi connectivity index (χ3n) is 4.12. The second-order valence-corrected chi connectivity index (χ2v) is 6.44. The molecule has 0 saturated heterocycles. The van der Waals surface area contributed by atoms with Gasteiger partial charge in [0.1, 0.15) is 0 Å². The van der Waals surface area contributed by atoms with E-state index in [0.717, 1.165) is 5.69 Å². The van der Waals surface area contributed by atoms with Crippen LogP contribution in [0.2, 0.25) is 0 Å². The van der Waals surface area contributed by atoms with E-state index in [2.05, 4.69) is 33.1 Å². The zero-order chi connectivity index (χ0) is 20.1. The monoisotopic (exact) mass is 375 g/mol. The van der Waals surface area contributed by atoms with Crippen molar-refractivity contribution in [3.05, 3.63) is 71.4 Å². The summed E-state index contributed by atoms with van der Waals surface area (Å²) >= 11 is 0. The molecule has 0 fully saturated rings. The van der Waals surface area contributed by atoms with E-state index in [4.69, 9.17) is 0 Å². The fraction of sp³-hybridized carbons (Fsp3) is 0.143. The highest BCUT2D eigenvalue weighted by Gasteiger charge is 2.10. The molecule has 3 N–H and O–H groups in total. The van der Waals surface area contributed by atoms with Gasteiger partial charge in [0.05, 0.1) is 0 Å². The van der Waals surface area contributed by atoms with Crippen LogP contribution in [0.25, 0.3) is 0 Å². The maximum Gasteiger partial charge on any atom is 0.276 e. The Bertz CT molecular complexity index is 1020. The SMILES string of the molecule is CC(=O)Nc1cccc(NC(=O)c2ccc(Nc3ccc(C)c(C)c3)nn2)c1. The van der Waals surface area contributed by atoms with Crippen LogP contribution in [0.1, 0.15) is 28.5 Å². The van der Waals surface area contributed by atoms with Crippen molar-refractivity contribution in [2.24, 2.45) is 0 Å². The molecule has 2 aromatic carbocycles. The van der Waals surface area contributed by atoms with Crippen molar-refractivity contribution in [2.75, 3.05) is 16.0 Å². The molecule has 0 aliphatic rings. The number of hydrogen-bond acceptors (Lipinski definition) is 5. The van der Waals surface area contributed by atoms with E-state index in [9.17, 15) is 9.59 Å². The van der Waals surface area contributed by atoms with Crippen LogP contribution < -0.4 is 16.0 Å². The maximum absolute atomic E-state index is 12.4. The van der Waals surface area contributed by atoms with E-state index in [-0.39, 0.29) is 17.5 Å². The van der Waals surface area contributed by atoms with Gasteiger partial charge in [-0.3, -0.25) is 9.59 Å². The second kappa shape index (κ2) is 8.30.